The maximum atomic E-state index is 6.21. The summed E-state index contributed by atoms with van der Waals surface area (Å²) in [4.78, 5) is 0. The largest absolute Gasteiger partial charge is 0.313 e. The second kappa shape index (κ2) is 8.13. The van der Waals surface area contributed by atoms with Gasteiger partial charge < -0.3 is 5.32 Å². The average Bonchev–Trinajstić information content (AvgIpc) is 2.55. The first-order valence-corrected chi connectivity index (χ1v) is 8.88. The lowest BCUT2D eigenvalue weighted by Crippen LogP contribution is -2.24. The van der Waals surface area contributed by atoms with Crippen molar-refractivity contribution < 1.29 is 0 Å². The molecule has 124 valence electrons. The molecule has 0 saturated carbocycles. The van der Waals surface area contributed by atoms with E-state index in [2.05, 4.69) is 42.2 Å². The Hall–Kier alpha value is -0.380. The van der Waals surface area contributed by atoms with Crippen LogP contribution in [0, 0.1) is 0 Å². The summed E-state index contributed by atoms with van der Waals surface area (Å²) in [6, 6.07) is 13.1. The van der Waals surface area contributed by atoms with Gasteiger partial charge in [-0.15, -0.1) is 12.4 Å². The highest BCUT2D eigenvalue weighted by atomic mass is 35.5. The fourth-order valence-electron chi connectivity index (χ4n) is 3.36. The first-order chi connectivity index (χ1) is 10.6. The lowest BCUT2D eigenvalue weighted by atomic mass is 9.76. The summed E-state index contributed by atoms with van der Waals surface area (Å²) in [5.41, 5.74) is 5.27. The van der Waals surface area contributed by atoms with Crippen LogP contribution in [0.2, 0.25) is 10.0 Å². The molecule has 0 heterocycles. The second-order valence-electron chi connectivity index (χ2n) is 5.77. The summed E-state index contributed by atoms with van der Waals surface area (Å²) in [6.45, 7) is 0. The number of fused-ring (bicyclic) bond motifs is 1. The predicted octanol–water partition coefficient (Wildman–Crippen LogP) is 6.03. The second-order valence-corrected chi connectivity index (χ2v) is 6.90. The SMILES string of the molecule is CN[C@H]1CC[C@@H](c2ccc(Cl)c(Cl)c2)c2ccc(CS)cc21.Cl. The number of rotatable bonds is 3. The van der Waals surface area contributed by atoms with E-state index >= 15 is 0 Å². The van der Waals surface area contributed by atoms with Crippen LogP contribution >= 0.6 is 48.2 Å². The third-order valence-corrected chi connectivity index (χ3v) is 5.63. The average molecular weight is 389 g/mol. The number of hydrogen-bond acceptors (Lipinski definition) is 2. The zero-order valence-corrected chi connectivity index (χ0v) is 16.1. The molecule has 1 nitrogen and oxygen atoms in total. The number of hydrogen-bond donors (Lipinski definition) is 2. The topological polar surface area (TPSA) is 12.0 Å². The summed E-state index contributed by atoms with van der Waals surface area (Å²) in [6.07, 6.45) is 2.22. The molecule has 1 aliphatic carbocycles. The number of thiol groups is 1. The third kappa shape index (κ3) is 3.83. The molecule has 0 unspecified atom stereocenters. The maximum absolute atomic E-state index is 6.21. The number of halogens is 3. The zero-order valence-electron chi connectivity index (χ0n) is 12.9. The van der Waals surface area contributed by atoms with E-state index in [0.717, 1.165) is 18.6 Å². The van der Waals surface area contributed by atoms with Gasteiger partial charge in [0.05, 0.1) is 10.0 Å². The molecule has 2 atom stereocenters. The van der Waals surface area contributed by atoms with Crippen LogP contribution in [0.1, 0.15) is 47.1 Å². The van der Waals surface area contributed by atoms with E-state index < -0.39 is 0 Å². The van der Waals surface area contributed by atoms with E-state index in [-0.39, 0.29) is 12.4 Å². The van der Waals surface area contributed by atoms with Gasteiger partial charge in [0.1, 0.15) is 0 Å². The number of benzene rings is 2. The molecule has 0 radical (unpaired) electrons. The summed E-state index contributed by atoms with van der Waals surface area (Å²) in [5.74, 6) is 1.14. The zero-order chi connectivity index (χ0) is 15.7. The van der Waals surface area contributed by atoms with Crippen LogP contribution in [0.25, 0.3) is 0 Å². The van der Waals surface area contributed by atoms with Crippen LogP contribution in [-0.2, 0) is 5.75 Å². The van der Waals surface area contributed by atoms with E-state index in [1.54, 1.807) is 0 Å². The maximum Gasteiger partial charge on any atom is 0.0595 e. The molecule has 0 aromatic heterocycles. The monoisotopic (exact) mass is 387 g/mol. The molecule has 0 spiro atoms. The van der Waals surface area contributed by atoms with Gasteiger partial charge in [-0.1, -0.05) is 47.5 Å². The van der Waals surface area contributed by atoms with Crippen molar-refractivity contribution in [3.05, 3.63) is 68.7 Å². The summed E-state index contributed by atoms with van der Waals surface area (Å²) in [7, 11) is 2.03. The Morgan fingerprint density at radius 3 is 2.48 bits per heavy atom. The quantitative estimate of drug-likeness (QED) is 0.612. The Kier molecular flexibility index (Phi) is 6.70. The predicted molar refractivity (Wildman–Crippen MR) is 106 cm³/mol. The molecule has 0 amide bonds. The van der Waals surface area contributed by atoms with Crippen molar-refractivity contribution in [2.45, 2.75) is 30.6 Å². The fraction of sp³-hybridized carbons (Fsp3) is 0.333. The Bertz CT molecular complexity index is 690. The van der Waals surface area contributed by atoms with E-state index in [4.69, 9.17) is 23.2 Å². The molecular weight excluding hydrogens is 369 g/mol. The highest BCUT2D eigenvalue weighted by molar-refractivity contribution is 7.79. The number of nitrogens with one attached hydrogen (secondary N) is 1. The van der Waals surface area contributed by atoms with Gasteiger partial charge in [-0.3, -0.25) is 0 Å². The molecule has 0 bridgehead atoms. The Morgan fingerprint density at radius 2 is 1.83 bits per heavy atom. The van der Waals surface area contributed by atoms with Crippen molar-refractivity contribution in [3.63, 3.8) is 0 Å². The molecule has 1 aliphatic rings. The minimum Gasteiger partial charge on any atom is -0.313 e. The Labute approximate surface area is 159 Å². The highest BCUT2D eigenvalue weighted by Crippen LogP contribution is 2.42. The first-order valence-electron chi connectivity index (χ1n) is 7.50. The van der Waals surface area contributed by atoms with E-state index in [9.17, 15) is 0 Å². The minimum absolute atomic E-state index is 0. The molecule has 2 aromatic rings. The molecule has 2 aromatic carbocycles. The molecule has 0 fully saturated rings. The highest BCUT2D eigenvalue weighted by Gasteiger charge is 2.27. The van der Waals surface area contributed by atoms with Gasteiger partial charge in [0.15, 0.2) is 0 Å². The van der Waals surface area contributed by atoms with Gasteiger partial charge in [-0.25, -0.2) is 0 Å². The molecular formula is C18H20Cl3NS. The van der Waals surface area contributed by atoms with Crippen LogP contribution in [0.5, 0.6) is 0 Å². The van der Waals surface area contributed by atoms with E-state index in [1.807, 2.05) is 19.2 Å². The first kappa shape index (κ1) is 19.0. The summed E-state index contributed by atoms with van der Waals surface area (Å²) >= 11 is 16.7. The van der Waals surface area contributed by atoms with Crippen LogP contribution in [0.15, 0.2) is 36.4 Å². The van der Waals surface area contributed by atoms with Crippen LogP contribution < -0.4 is 5.32 Å². The van der Waals surface area contributed by atoms with Crippen LogP contribution in [0.3, 0.4) is 0 Å². The molecule has 1 N–H and O–H groups in total. The lowest BCUT2D eigenvalue weighted by molar-refractivity contribution is 0.470. The van der Waals surface area contributed by atoms with Crippen molar-refractivity contribution in [2.24, 2.45) is 0 Å². The minimum atomic E-state index is 0. The van der Waals surface area contributed by atoms with Crippen molar-refractivity contribution in [1.82, 2.24) is 5.32 Å². The summed E-state index contributed by atoms with van der Waals surface area (Å²) in [5, 5.41) is 4.67. The van der Waals surface area contributed by atoms with Crippen molar-refractivity contribution in [3.8, 4) is 0 Å². The normalized spacial score (nSPS) is 19.8. The van der Waals surface area contributed by atoms with Crippen molar-refractivity contribution >= 4 is 48.2 Å². The summed E-state index contributed by atoms with van der Waals surface area (Å²) < 4.78 is 0. The Balaban J connectivity index is 0.00000192. The van der Waals surface area contributed by atoms with Crippen LogP contribution in [-0.4, -0.2) is 7.05 Å². The third-order valence-electron chi connectivity index (χ3n) is 4.52. The van der Waals surface area contributed by atoms with Gasteiger partial charge in [0, 0.05) is 17.7 Å². The van der Waals surface area contributed by atoms with Crippen molar-refractivity contribution in [2.75, 3.05) is 7.05 Å². The van der Waals surface area contributed by atoms with Gasteiger partial charge in [0.2, 0.25) is 0 Å². The molecule has 3 rings (SSSR count). The molecule has 23 heavy (non-hydrogen) atoms. The van der Waals surface area contributed by atoms with Crippen molar-refractivity contribution in [1.29, 1.82) is 0 Å². The lowest BCUT2D eigenvalue weighted by Gasteiger charge is -2.32. The van der Waals surface area contributed by atoms with Crippen LogP contribution in [0.4, 0.5) is 0 Å². The molecule has 0 saturated heterocycles. The standard InChI is InChI=1S/C18H19Cl2NS.ClH/c1-21-18-7-5-13(12-3-6-16(19)17(20)9-12)14-4-2-11(10-22)8-15(14)18;/h2-4,6,8-9,13,18,21-22H,5,7,10H2,1H3;1H/t13-,18-;/m0./s1. The van der Waals surface area contributed by atoms with Gasteiger partial charge >= 0.3 is 0 Å². The van der Waals surface area contributed by atoms with E-state index in [0.29, 0.717) is 22.0 Å². The van der Waals surface area contributed by atoms with E-state index in [1.165, 1.54) is 22.3 Å². The van der Waals surface area contributed by atoms with Gasteiger partial charge in [-0.2, -0.15) is 12.6 Å². The molecule has 0 aliphatic heterocycles. The smallest absolute Gasteiger partial charge is 0.0595 e. The molecule has 5 heteroatoms. The van der Waals surface area contributed by atoms with Gasteiger partial charge in [0.25, 0.3) is 0 Å². The fourth-order valence-corrected chi connectivity index (χ4v) is 3.86. The van der Waals surface area contributed by atoms with Gasteiger partial charge in [-0.05, 0) is 54.3 Å². The Morgan fingerprint density at radius 1 is 1.04 bits per heavy atom.